The molecule has 6 nitrogen and oxygen atoms in total. The molecule has 0 bridgehead atoms. The fourth-order valence-corrected chi connectivity index (χ4v) is 3.55. The zero-order valence-electron chi connectivity index (χ0n) is 14.9. The highest BCUT2D eigenvalue weighted by Crippen LogP contribution is 2.24. The minimum absolute atomic E-state index is 0.157. The van der Waals surface area contributed by atoms with Crippen LogP contribution in [0.3, 0.4) is 0 Å². The van der Waals surface area contributed by atoms with Gasteiger partial charge in [-0.2, -0.15) is 9.36 Å². The molecule has 1 aromatic carbocycles. The summed E-state index contributed by atoms with van der Waals surface area (Å²) in [6.07, 6.45) is 2.93. The average Bonchev–Trinajstić information content (AvgIpc) is 3.02. The van der Waals surface area contributed by atoms with E-state index in [1.165, 1.54) is 11.5 Å². The van der Waals surface area contributed by atoms with Gasteiger partial charge in [-0.05, 0) is 36.5 Å². The van der Waals surface area contributed by atoms with Gasteiger partial charge >= 0.3 is 0 Å². The van der Waals surface area contributed by atoms with E-state index in [1.807, 2.05) is 31.2 Å². The number of rotatable bonds is 6. The molecule has 0 spiro atoms. The quantitative estimate of drug-likeness (QED) is 0.718. The van der Waals surface area contributed by atoms with Crippen molar-refractivity contribution >= 4 is 23.1 Å². The third-order valence-corrected chi connectivity index (χ3v) is 4.95. The van der Waals surface area contributed by atoms with Gasteiger partial charge in [-0.3, -0.25) is 4.79 Å². The van der Waals surface area contributed by atoms with Crippen molar-refractivity contribution in [1.82, 2.24) is 14.3 Å². The Hall–Kier alpha value is -2.80. The van der Waals surface area contributed by atoms with Gasteiger partial charge in [0, 0.05) is 29.2 Å². The largest absolute Gasteiger partial charge is 0.481 e. The monoisotopic (exact) mass is 368 g/mol. The number of hydrogen-bond donors (Lipinski definition) is 1. The van der Waals surface area contributed by atoms with Gasteiger partial charge in [0.15, 0.2) is 0 Å². The third-order valence-electron chi connectivity index (χ3n) is 4.01. The maximum Gasteiger partial charge on any atom is 0.258 e. The molecule has 1 N–H and O–H groups in total. The number of carbonyl (C=O) groups is 1. The van der Waals surface area contributed by atoms with Gasteiger partial charge in [0.05, 0.1) is 18.4 Å². The van der Waals surface area contributed by atoms with Crippen molar-refractivity contribution in [3.05, 3.63) is 64.1 Å². The van der Waals surface area contributed by atoms with Crippen molar-refractivity contribution in [2.45, 2.75) is 26.7 Å². The molecule has 0 atom stereocenters. The molecule has 134 valence electrons. The minimum Gasteiger partial charge on any atom is -0.481 e. The summed E-state index contributed by atoms with van der Waals surface area (Å²) in [4.78, 5) is 22.3. The first-order chi connectivity index (χ1) is 12.6. The molecular weight excluding hydrogens is 348 g/mol. The van der Waals surface area contributed by atoms with Gasteiger partial charge in [-0.1, -0.05) is 25.1 Å². The first-order valence-electron chi connectivity index (χ1n) is 8.32. The van der Waals surface area contributed by atoms with E-state index < -0.39 is 0 Å². The van der Waals surface area contributed by atoms with E-state index in [2.05, 4.69) is 26.6 Å². The number of nitrogens with zero attached hydrogens (tertiary/aromatic N) is 3. The second kappa shape index (κ2) is 8.05. The van der Waals surface area contributed by atoms with Crippen LogP contribution >= 0.6 is 11.5 Å². The van der Waals surface area contributed by atoms with E-state index in [0.29, 0.717) is 29.4 Å². The number of aryl methyl sites for hydroxylation is 2. The summed E-state index contributed by atoms with van der Waals surface area (Å²) < 4.78 is 9.49. The first-order valence-corrected chi connectivity index (χ1v) is 9.10. The van der Waals surface area contributed by atoms with Crippen LogP contribution < -0.4 is 10.1 Å². The number of nitrogens with one attached hydrogen (secondary N) is 1. The Morgan fingerprint density at radius 2 is 2.08 bits per heavy atom. The molecule has 26 heavy (non-hydrogen) atoms. The van der Waals surface area contributed by atoms with E-state index in [1.54, 1.807) is 19.4 Å². The fraction of sp³-hybridized carbons (Fsp3) is 0.263. The molecular formula is C19H20N4O2S. The number of amides is 1. The van der Waals surface area contributed by atoms with Crippen LogP contribution in [0.25, 0.3) is 0 Å². The number of ether oxygens (including phenoxy) is 1. The number of benzene rings is 1. The zero-order chi connectivity index (χ0) is 18.5. The fourth-order valence-electron chi connectivity index (χ4n) is 2.69. The second-order valence-corrected chi connectivity index (χ2v) is 6.58. The van der Waals surface area contributed by atoms with E-state index in [9.17, 15) is 4.79 Å². The molecule has 0 saturated heterocycles. The summed E-state index contributed by atoms with van der Waals surface area (Å²) in [6.45, 7) is 3.90. The molecule has 0 aliphatic carbocycles. The lowest BCUT2D eigenvalue weighted by molar-refractivity contribution is 0.102. The maximum absolute atomic E-state index is 12.9. The van der Waals surface area contributed by atoms with Crippen LogP contribution in [-0.4, -0.2) is 27.4 Å². The highest BCUT2D eigenvalue weighted by atomic mass is 32.1. The van der Waals surface area contributed by atoms with Crippen molar-refractivity contribution in [2.75, 3.05) is 12.4 Å². The van der Waals surface area contributed by atoms with Crippen LogP contribution in [0, 0.1) is 6.92 Å². The Bertz CT molecular complexity index is 923. The van der Waals surface area contributed by atoms with Crippen LogP contribution in [0.15, 0.2) is 36.5 Å². The Balaban J connectivity index is 1.86. The Labute approximate surface area is 156 Å². The molecule has 0 aliphatic heterocycles. The predicted molar refractivity (Wildman–Crippen MR) is 102 cm³/mol. The number of para-hydroxylation sites is 1. The first kappa shape index (κ1) is 18.0. The Morgan fingerprint density at radius 1 is 1.27 bits per heavy atom. The lowest BCUT2D eigenvalue weighted by atomic mass is 10.1. The lowest BCUT2D eigenvalue weighted by Gasteiger charge is -2.10. The van der Waals surface area contributed by atoms with Crippen LogP contribution in [0.5, 0.6) is 5.88 Å². The molecule has 3 aromatic rings. The van der Waals surface area contributed by atoms with Crippen LogP contribution in [0.1, 0.15) is 39.2 Å². The van der Waals surface area contributed by atoms with Crippen molar-refractivity contribution in [1.29, 1.82) is 0 Å². The second-order valence-electron chi connectivity index (χ2n) is 5.72. The van der Waals surface area contributed by atoms with Gasteiger partial charge in [-0.25, -0.2) is 4.98 Å². The number of hydrogen-bond acceptors (Lipinski definition) is 6. The smallest absolute Gasteiger partial charge is 0.258 e. The molecule has 0 aliphatic rings. The van der Waals surface area contributed by atoms with E-state index in [-0.39, 0.29) is 5.91 Å². The normalized spacial score (nSPS) is 10.6. The lowest BCUT2D eigenvalue weighted by Crippen LogP contribution is -2.15. The Morgan fingerprint density at radius 3 is 2.85 bits per heavy atom. The van der Waals surface area contributed by atoms with Crippen molar-refractivity contribution in [3.63, 3.8) is 0 Å². The van der Waals surface area contributed by atoms with E-state index in [4.69, 9.17) is 4.74 Å². The molecule has 0 unspecified atom stereocenters. The number of carbonyl (C=O) groups excluding carboxylic acids is 1. The summed E-state index contributed by atoms with van der Waals surface area (Å²) in [6, 6.07) is 9.50. The van der Waals surface area contributed by atoms with Crippen molar-refractivity contribution in [3.8, 4) is 5.88 Å². The standard InChI is InChI=1S/C19H20N4O2S/c1-4-13-7-5-6-8-14(13)21-19(24)18-12(2)23-26-15(18)11-16-20-10-9-17(22-16)25-3/h5-10H,4,11H2,1-3H3,(H,21,24). The van der Waals surface area contributed by atoms with Crippen LogP contribution in [-0.2, 0) is 12.8 Å². The van der Waals surface area contributed by atoms with Gasteiger partial charge in [0.25, 0.3) is 5.91 Å². The summed E-state index contributed by atoms with van der Waals surface area (Å²) in [7, 11) is 1.56. The molecule has 7 heteroatoms. The highest BCUT2D eigenvalue weighted by Gasteiger charge is 2.20. The zero-order valence-corrected chi connectivity index (χ0v) is 15.8. The molecule has 3 rings (SSSR count). The molecule has 1 amide bonds. The van der Waals surface area contributed by atoms with E-state index in [0.717, 1.165) is 22.5 Å². The molecule has 0 fully saturated rings. The van der Waals surface area contributed by atoms with Gasteiger partial charge in [-0.15, -0.1) is 0 Å². The predicted octanol–water partition coefficient (Wildman–Crippen LogP) is 3.66. The number of aromatic nitrogens is 3. The van der Waals surface area contributed by atoms with Crippen LogP contribution in [0.2, 0.25) is 0 Å². The van der Waals surface area contributed by atoms with Crippen LogP contribution in [0.4, 0.5) is 5.69 Å². The van der Waals surface area contributed by atoms with E-state index >= 15 is 0 Å². The molecule has 2 aromatic heterocycles. The number of anilines is 1. The molecule has 2 heterocycles. The van der Waals surface area contributed by atoms with Gasteiger partial charge in [0.1, 0.15) is 5.82 Å². The average molecular weight is 368 g/mol. The van der Waals surface area contributed by atoms with Crippen molar-refractivity contribution < 1.29 is 9.53 Å². The molecule has 0 saturated carbocycles. The summed E-state index contributed by atoms with van der Waals surface area (Å²) in [5.41, 5.74) is 3.22. The summed E-state index contributed by atoms with van der Waals surface area (Å²) in [5.74, 6) is 0.935. The SMILES string of the molecule is CCc1ccccc1NC(=O)c1c(C)nsc1Cc1nccc(OC)n1. The van der Waals surface area contributed by atoms with Crippen molar-refractivity contribution in [2.24, 2.45) is 0 Å². The highest BCUT2D eigenvalue weighted by molar-refractivity contribution is 7.06. The maximum atomic E-state index is 12.9. The van der Waals surface area contributed by atoms with Gasteiger partial charge in [0.2, 0.25) is 5.88 Å². The Kier molecular flexibility index (Phi) is 5.58. The third kappa shape index (κ3) is 3.88. The molecule has 0 radical (unpaired) electrons. The number of methoxy groups -OCH3 is 1. The summed E-state index contributed by atoms with van der Waals surface area (Å²) >= 11 is 1.30. The topological polar surface area (TPSA) is 77.0 Å². The minimum atomic E-state index is -0.157. The van der Waals surface area contributed by atoms with Gasteiger partial charge < -0.3 is 10.1 Å². The summed E-state index contributed by atoms with van der Waals surface area (Å²) in [5, 5.41) is 3.02.